The fraction of sp³-hybridized carbons (Fsp3) is 0.267. The Balaban J connectivity index is 1.77. The molecule has 1 aliphatic heterocycles. The number of nitrogens with one attached hydrogen (secondary N) is 3. The van der Waals surface area contributed by atoms with Crippen LogP contribution in [0.2, 0.25) is 0 Å². The Morgan fingerprint density at radius 3 is 2.26 bits per heavy atom. The third kappa shape index (κ3) is 7.28. The minimum Gasteiger partial charge on any atom is -0.348 e. The second-order valence-electron chi connectivity index (χ2n) is 10.1. The van der Waals surface area contributed by atoms with Crippen molar-refractivity contribution in [3.63, 3.8) is 0 Å². The van der Waals surface area contributed by atoms with Crippen molar-refractivity contribution in [2.45, 2.75) is 44.2 Å². The Labute approximate surface area is 242 Å². The fourth-order valence-electron chi connectivity index (χ4n) is 4.78. The lowest BCUT2D eigenvalue weighted by molar-refractivity contribution is -0.141. The maximum atomic E-state index is 13.7. The lowest BCUT2D eigenvalue weighted by Gasteiger charge is -2.27. The van der Waals surface area contributed by atoms with Gasteiger partial charge in [0.15, 0.2) is 0 Å². The van der Waals surface area contributed by atoms with Gasteiger partial charge in [0.1, 0.15) is 17.6 Å². The molecule has 0 spiro atoms. The first-order valence-electron chi connectivity index (χ1n) is 13.1. The zero-order valence-electron chi connectivity index (χ0n) is 22.7. The molecule has 3 N–H and O–H groups in total. The molecule has 3 aromatic rings. The van der Waals surface area contributed by atoms with Crippen LogP contribution in [0.25, 0.3) is 11.1 Å². The second kappa shape index (κ2) is 12.4. The Morgan fingerprint density at radius 1 is 0.977 bits per heavy atom. The van der Waals surface area contributed by atoms with Gasteiger partial charge in [-0.1, -0.05) is 36.4 Å². The quantitative estimate of drug-likeness (QED) is 0.101. The molecule has 2 heterocycles. The molecule has 2 aromatic carbocycles. The monoisotopic (exact) mass is 604 g/mol. The van der Waals surface area contributed by atoms with Crippen LogP contribution in [-0.4, -0.2) is 35.2 Å². The van der Waals surface area contributed by atoms with Crippen LogP contribution in [0.1, 0.15) is 36.6 Å². The molecule has 2 amide bonds. The first-order valence-corrected chi connectivity index (χ1v) is 13.1. The number of carbonyl (C=O) groups excluding carboxylic acids is 3. The first-order chi connectivity index (χ1) is 20.2. The molecule has 43 heavy (non-hydrogen) atoms. The third-order valence-corrected chi connectivity index (χ3v) is 7.06. The van der Waals surface area contributed by atoms with Gasteiger partial charge in [-0.25, -0.2) is 0 Å². The number of carbonyl (C=O) groups is 3. The topological polar surface area (TPSA) is 100 Å². The highest BCUT2D eigenvalue weighted by Crippen LogP contribution is 2.37. The molecule has 4 rings (SSSR count). The lowest BCUT2D eigenvalue weighted by atomic mass is 9.86. The predicted molar refractivity (Wildman–Crippen MR) is 145 cm³/mol. The molecule has 226 valence electrons. The molecule has 0 saturated carbocycles. The van der Waals surface area contributed by atoms with Crippen molar-refractivity contribution in [2.24, 2.45) is 0 Å². The van der Waals surface area contributed by atoms with E-state index in [0.29, 0.717) is 49.4 Å². The largest absolute Gasteiger partial charge is 0.433 e. The molecule has 7 nitrogen and oxygen atoms in total. The Kier molecular flexibility index (Phi) is 9.04. The Morgan fingerprint density at radius 2 is 1.70 bits per heavy atom. The Bertz CT molecular complexity index is 1530. The summed E-state index contributed by atoms with van der Waals surface area (Å²) in [5, 5.41) is 8.13. The third-order valence-electron chi connectivity index (χ3n) is 7.06. The summed E-state index contributed by atoms with van der Waals surface area (Å²) in [6.07, 6.45) is -7.40. The lowest BCUT2D eigenvalue weighted by Crippen LogP contribution is -2.43. The summed E-state index contributed by atoms with van der Waals surface area (Å²) in [4.78, 5) is 42.8. The number of benzene rings is 2. The molecule has 0 radical (unpaired) electrons. The number of nitrogens with zero attached hydrogens (tertiary/aromatic N) is 1. The van der Waals surface area contributed by atoms with Crippen molar-refractivity contribution in [3.8, 4) is 11.1 Å². The van der Waals surface area contributed by atoms with Crippen molar-refractivity contribution >= 4 is 23.8 Å². The van der Waals surface area contributed by atoms with Gasteiger partial charge in [-0.3, -0.25) is 19.4 Å². The van der Waals surface area contributed by atoms with Crippen molar-refractivity contribution in [2.75, 3.05) is 11.9 Å². The number of hydrogen-bond acceptors (Lipinski definition) is 5. The number of aldehydes is 1. The van der Waals surface area contributed by atoms with E-state index in [1.165, 1.54) is 0 Å². The number of hydrogen-bond donors (Lipinski definition) is 3. The molecule has 1 fully saturated rings. The Hall–Kier alpha value is -4.52. The van der Waals surface area contributed by atoms with E-state index < -0.39 is 46.5 Å². The predicted octanol–water partition coefficient (Wildman–Crippen LogP) is 5.68. The van der Waals surface area contributed by atoms with Crippen molar-refractivity contribution in [1.82, 2.24) is 15.6 Å². The molecule has 0 bridgehead atoms. The smallest absolute Gasteiger partial charge is 0.348 e. The molecule has 1 atom stereocenters. The van der Waals surface area contributed by atoms with Crippen LogP contribution >= 0.6 is 0 Å². The summed E-state index contributed by atoms with van der Waals surface area (Å²) >= 11 is 0. The number of alkyl halides is 6. The summed E-state index contributed by atoms with van der Waals surface area (Å²) in [5.74, 6) is -1.99. The van der Waals surface area contributed by atoms with Crippen LogP contribution in [-0.2, 0) is 33.3 Å². The molecule has 13 heteroatoms. The van der Waals surface area contributed by atoms with E-state index in [4.69, 9.17) is 0 Å². The maximum Gasteiger partial charge on any atom is 0.433 e. The summed E-state index contributed by atoms with van der Waals surface area (Å²) in [5.41, 5.74) is -4.15. The van der Waals surface area contributed by atoms with Gasteiger partial charge in [-0.05, 0) is 56.1 Å². The van der Waals surface area contributed by atoms with E-state index in [1.54, 1.807) is 37.3 Å². The van der Waals surface area contributed by atoms with Crippen LogP contribution < -0.4 is 16.0 Å². The minimum absolute atomic E-state index is 0.00941. The van der Waals surface area contributed by atoms with E-state index in [-0.39, 0.29) is 28.9 Å². The summed E-state index contributed by atoms with van der Waals surface area (Å²) in [6, 6.07) is 12.5. The van der Waals surface area contributed by atoms with E-state index in [2.05, 4.69) is 20.9 Å². The maximum absolute atomic E-state index is 13.7. The summed E-state index contributed by atoms with van der Waals surface area (Å²) in [7, 11) is 0. The van der Waals surface area contributed by atoms with Crippen LogP contribution in [0, 0.1) is 0 Å². The van der Waals surface area contributed by atoms with Gasteiger partial charge in [-0.15, -0.1) is 0 Å². The molecule has 1 aromatic heterocycles. The van der Waals surface area contributed by atoms with Crippen LogP contribution in [0.5, 0.6) is 0 Å². The van der Waals surface area contributed by atoms with Crippen LogP contribution in [0.15, 0.2) is 78.0 Å². The molecule has 0 unspecified atom stereocenters. The first kappa shape index (κ1) is 31.4. The highest BCUT2D eigenvalue weighted by Gasteiger charge is 2.38. The van der Waals surface area contributed by atoms with Crippen molar-refractivity contribution < 1.29 is 40.7 Å². The van der Waals surface area contributed by atoms with Gasteiger partial charge in [0.25, 0.3) is 11.8 Å². The van der Waals surface area contributed by atoms with E-state index in [1.807, 2.05) is 0 Å². The van der Waals surface area contributed by atoms with Gasteiger partial charge < -0.3 is 16.0 Å². The summed E-state index contributed by atoms with van der Waals surface area (Å²) in [6.45, 7) is 2.17. The molecule has 0 aliphatic carbocycles. The standard InChI is InChI=1S/C30H26F6N4O3/c1-28(12-5-13-39-28)22(17-41)25(26(42)38-15-18-6-3-2-4-7-18)27(43)40-23-10-9-20(29(31,32)33)14-21(23)19-8-11-24(37-16-19)30(34,35)36/h2-4,6-11,14,16-17,39H,5,12-13,15H2,1H3,(H,38,42)(H,40,43)/b25-22+/t28-/m1/s1. The highest BCUT2D eigenvalue weighted by molar-refractivity contribution is 6.26. The zero-order chi connectivity index (χ0) is 31.4. The molecule has 1 aliphatic rings. The van der Waals surface area contributed by atoms with Crippen molar-refractivity contribution in [3.05, 3.63) is 94.8 Å². The highest BCUT2D eigenvalue weighted by atomic mass is 19.4. The van der Waals surface area contributed by atoms with Gasteiger partial charge in [0.05, 0.1) is 5.56 Å². The SMILES string of the molecule is C[C@]1(/C(C=O)=C(\C(=O)NCc2ccccc2)C(=O)Nc2ccc(C(F)(F)F)cc2-c2ccc(C(F)(F)F)nc2)CCCN1. The zero-order valence-corrected chi connectivity index (χ0v) is 22.7. The van der Waals surface area contributed by atoms with Gasteiger partial charge in [0, 0.05) is 40.7 Å². The number of aromatic nitrogens is 1. The number of amides is 2. The fourth-order valence-corrected chi connectivity index (χ4v) is 4.78. The van der Waals surface area contributed by atoms with E-state index in [9.17, 15) is 40.7 Å². The molecular weight excluding hydrogens is 578 g/mol. The van der Waals surface area contributed by atoms with E-state index in [0.717, 1.165) is 18.3 Å². The minimum atomic E-state index is -4.81. The van der Waals surface area contributed by atoms with Crippen molar-refractivity contribution in [1.29, 1.82) is 0 Å². The molecular formula is C30H26F6N4O3. The summed E-state index contributed by atoms with van der Waals surface area (Å²) < 4.78 is 79.9. The van der Waals surface area contributed by atoms with Gasteiger partial charge in [0.2, 0.25) is 0 Å². The van der Waals surface area contributed by atoms with Crippen LogP contribution in [0.4, 0.5) is 32.0 Å². The average molecular weight is 605 g/mol. The van der Waals surface area contributed by atoms with Crippen LogP contribution in [0.3, 0.4) is 0 Å². The number of anilines is 1. The normalized spacial score (nSPS) is 17.7. The van der Waals surface area contributed by atoms with Gasteiger partial charge >= 0.3 is 12.4 Å². The second-order valence-corrected chi connectivity index (χ2v) is 10.1. The average Bonchev–Trinajstić information content (AvgIpc) is 3.41. The van der Waals surface area contributed by atoms with E-state index >= 15 is 0 Å². The van der Waals surface area contributed by atoms with Gasteiger partial charge in [-0.2, -0.15) is 26.3 Å². The number of halogens is 6. The number of rotatable bonds is 8. The molecule has 1 saturated heterocycles. The number of pyridine rings is 1.